The third kappa shape index (κ3) is 3.77. The summed E-state index contributed by atoms with van der Waals surface area (Å²) in [6, 6.07) is 4.27. The van der Waals surface area contributed by atoms with Gasteiger partial charge in [0.05, 0.1) is 5.16 Å². The standard InChI is InChI=1S/C9H11NS2/c11-8-10-6-2-1-4-9-5-3-7-12-9/h3,5,7H,1-2,4,6H2. The lowest BCUT2D eigenvalue weighted by atomic mass is 10.2. The van der Waals surface area contributed by atoms with Gasteiger partial charge in [0, 0.05) is 11.4 Å². The third-order valence-electron chi connectivity index (χ3n) is 1.59. The molecule has 0 aliphatic rings. The van der Waals surface area contributed by atoms with Crippen LogP contribution in [0, 0.1) is 0 Å². The highest BCUT2D eigenvalue weighted by molar-refractivity contribution is 7.78. The molecule has 0 unspecified atom stereocenters. The number of unbranched alkanes of at least 4 members (excludes halogenated alkanes) is 1. The van der Waals surface area contributed by atoms with Gasteiger partial charge in [-0.05, 0) is 42.9 Å². The van der Waals surface area contributed by atoms with Crippen LogP contribution in [0.5, 0.6) is 0 Å². The minimum Gasteiger partial charge on any atom is -0.233 e. The van der Waals surface area contributed by atoms with Crippen molar-refractivity contribution in [1.82, 2.24) is 0 Å². The molecule has 0 amide bonds. The Morgan fingerprint density at radius 2 is 2.42 bits per heavy atom. The van der Waals surface area contributed by atoms with Gasteiger partial charge in [-0.25, -0.2) is 4.99 Å². The molecule has 0 saturated carbocycles. The van der Waals surface area contributed by atoms with Crippen molar-refractivity contribution in [1.29, 1.82) is 0 Å². The second kappa shape index (κ2) is 6.06. The van der Waals surface area contributed by atoms with Gasteiger partial charge in [-0.2, -0.15) is 0 Å². The molecule has 0 atom stereocenters. The number of nitrogens with zero attached hydrogens (tertiary/aromatic N) is 1. The molecule has 0 aliphatic carbocycles. The van der Waals surface area contributed by atoms with E-state index in [-0.39, 0.29) is 0 Å². The molecule has 0 bridgehead atoms. The Kier molecular flexibility index (Phi) is 4.85. The zero-order valence-electron chi connectivity index (χ0n) is 6.82. The van der Waals surface area contributed by atoms with Gasteiger partial charge >= 0.3 is 0 Å². The van der Waals surface area contributed by atoms with Crippen molar-refractivity contribution >= 4 is 28.7 Å². The zero-order chi connectivity index (χ0) is 8.65. The molecule has 0 saturated heterocycles. The maximum Gasteiger partial charge on any atom is 0.0584 e. The van der Waals surface area contributed by atoms with E-state index in [0.29, 0.717) is 0 Å². The first-order chi connectivity index (χ1) is 5.93. The van der Waals surface area contributed by atoms with E-state index in [0.717, 1.165) is 13.0 Å². The van der Waals surface area contributed by atoms with E-state index >= 15 is 0 Å². The van der Waals surface area contributed by atoms with Crippen LogP contribution in [0.1, 0.15) is 17.7 Å². The van der Waals surface area contributed by atoms with Gasteiger partial charge < -0.3 is 0 Å². The van der Waals surface area contributed by atoms with Crippen LogP contribution < -0.4 is 0 Å². The normalized spacial score (nSPS) is 9.33. The second-order valence-corrected chi connectivity index (χ2v) is 3.72. The number of hydrogen-bond donors (Lipinski definition) is 0. The number of aryl methyl sites for hydroxylation is 1. The molecule has 1 aromatic rings. The van der Waals surface area contributed by atoms with E-state index in [1.807, 2.05) is 11.3 Å². The molecular formula is C9H11NS2. The molecular weight excluding hydrogens is 186 g/mol. The predicted octanol–water partition coefficient (Wildman–Crippen LogP) is 3.17. The van der Waals surface area contributed by atoms with Gasteiger partial charge in [-0.3, -0.25) is 0 Å². The third-order valence-corrected chi connectivity index (χ3v) is 2.65. The van der Waals surface area contributed by atoms with Crippen molar-refractivity contribution < 1.29 is 0 Å². The van der Waals surface area contributed by atoms with Crippen molar-refractivity contribution in [3.05, 3.63) is 22.4 Å². The maximum atomic E-state index is 4.47. The molecule has 12 heavy (non-hydrogen) atoms. The van der Waals surface area contributed by atoms with E-state index in [1.165, 1.54) is 17.7 Å². The number of hydrogen-bond acceptors (Lipinski definition) is 3. The van der Waals surface area contributed by atoms with Crippen LogP contribution in [0.2, 0.25) is 0 Å². The Morgan fingerprint density at radius 3 is 3.08 bits per heavy atom. The average molecular weight is 197 g/mol. The van der Waals surface area contributed by atoms with Crippen LogP contribution in [0.3, 0.4) is 0 Å². The highest BCUT2D eigenvalue weighted by Gasteiger charge is 1.92. The summed E-state index contributed by atoms with van der Waals surface area (Å²) in [4.78, 5) is 5.32. The topological polar surface area (TPSA) is 12.4 Å². The van der Waals surface area contributed by atoms with Gasteiger partial charge in [0.1, 0.15) is 0 Å². The van der Waals surface area contributed by atoms with Crippen LogP contribution in [0.4, 0.5) is 0 Å². The lowest BCUT2D eigenvalue weighted by Gasteiger charge is -1.93. The first kappa shape index (κ1) is 9.59. The largest absolute Gasteiger partial charge is 0.233 e. The van der Waals surface area contributed by atoms with Crippen LogP contribution in [-0.4, -0.2) is 11.7 Å². The Hall–Kier alpha value is -0.500. The summed E-state index contributed by atoms with van der Waals surface area (Å²) >= 11 is 6.29. The SMILES string of the molecule is S=C=NCCCCc1cccs1. The molecule has 0 aliphatic heterocycles. The summed E-state index contributed by atoms with van der Waals surface area (Å²) in [6.45, 7) is 0.828. The molecule has 0 fully saturated rings. The molecule has 64 valence electrons. The number of isothiocyanates is 1. The van der Waals surface area contributed by atoms with Crippen LogP contribution in [-0.2, 0) is 6.42 Å². The predicted molar refractivity (Wildman–Crippen MR) is 57.2 cm³/mol. The van der Waals surface area contributed by atoms with Crippen molar-refractivity contribution in [2.24, 2.45) is 4.99 Å². The minimum atomic E-state index is 0.828. The van der Waals surface area contributed by atoms with Crippen LogP contribution in [0.15, 0.2) is 22.5 Å². The second-order valence-electron chi connectivity index (χ2n) is 2.51. The monoisotopic (exact) mass is 197 g/mol. The van der Waals surface area contributed by atoms with Crippen LogP contribution >= 0.6 is 23.6 Å². The van der Waals surface area contributed by atoms with E-state index < -0.39 is 0 Å². The highest BCUT2D eigenvalue weighted by atomic mass is 32.1. The summed E-state index contributed by atoms with van der Waals surface area (Å²) in [5.41, 5.74) is 0. The number of thiophene rings is 1. The Bertz CT molecular complexity index is 248. The fraction of sp³-hybridized carbons (Fsp3) is 0.444. The minimum absolute atomic E-state index is 0.828. The van der Waals surface area contributed by atoms with E-state index in [4.69, 9.17) is 0 Å². The molecule has 1 rings (SSSR count). The van der Waals surface area contributed by atoms with E-state index in [1.54, 1.807) is 0 Å². The summed E-state index contributed by atoms with van der Waals surface area (Å²) in [5.74, 6) is 0. The summed E-state index contributed by atoms with van der Waals surface area (Å²) < 4.78 is 0. The van der Waals surface area contributed by atoms with Gasteiger partial charge in [-0.15, -0.1) is 11.3 Å². The zero-order valence-corrected chi connectivity index (χ0v) is 8.46. The molecule has 1 heterocycles. The quantitative estimate of drug-likeness (QED) is 0.401. The Labute approximate surface area is 82.2 Å². The van der Waals surface area contributed by atoms with Crippen LogP contribution in [0.25, 0.3) is 0 Å². The fourth-order valence-electron chi connectivity index (χ4n) is 0.991. The highest BCUT2D eigenvalue weighted by Crippen LogP contribution is 2.11. The van der Waals surface area contributed by atoms with Crippen molar-refractivity contribution in [3.8, 4) is 0 Å². The summed E-state index contributed by atoms with van der Waals surface area (Å²) in [7, 11) is 0. The van der Waals surface area contributed by atoms with E-state index in [2.05, 4.69) is 39.9 Å². The van der Waals surface area contributed by atoms with Gasteiger partial charge in [0.15, 0.2) is 0 Å². The smallest absolute Gasteiger partial charge is 0.0584 e. The Morgan fingerprint density at radius 1 is 1.50 bits per heavy atom. The number of rotatable bonds is 5. The lowest BCUT2D eigenvalue weighted by molar-refractivity contribution is 0.754. The molecule has 0 aromatic carbocycles. The molecule has 0 spiro atoms. The van der Waals surface area contributed by atoms with Crippen molar-refractivity contribution in [3.63, 3.8) is 0 Å². The van der Waals surface area contributed by atoms with Crippen molar-refractivity contribution in [2.75, 3.05) is 6.54 Å². The first-order valence-corrected chi connectivity index (χ1v) is 5.28. The first-order valence-electron chi connectivity index (χ1n) is 3.99. The van der Waals surface area contributed by atoms with Gasteiger partial charge in [0.25, 0.3) is 0 Å². The lowest BCUT2D eigenvalue weighted by Crippen LogP contribution is -1.84. The summed E-state index contributed by atoms with van der Waals surface area (Å²) in [5, 5.41) is 4.49. The average Bonchev–Trinajstić information content (AvgIpc) is 2.57. The number of aliphatic imine (C=N–C) groups is 1. The van der Waals surface area contributed by atoms with E-state index in [9.17, 15) is 0 Å². The van der Waals surface area contributed by atoms with Gasteiger partial charge in [0.2, 0.25) is 0 Å². The Balaban J connectivity index is 2.07. The molecule has 0 N–H and O–H groups in total. The fourth-order valence-corrected chi connectivity index (χ4v) is 1.83. The van der Waals surface area contributed by atoms with Gasteiger partial charge in [-0.1, -0.05) is 6.07 Å². The molecule has 1 nitrogen and oxygen atoms in total. The summed E-state index contributed by atoms with van der Waals surface area (Å²) in [6.07, 6.45) is 3.48. The number of thiocarbonyl (C=S) groups is 1. The maximum absolute atomic E-state index is 4.47. The van der Waals surface area contributed by atoms with Crippen molar-refractivity contribution in [2.45, 2.75) is 19.3 Å². The molecule has 3 heteroatoms. The molecule has 0 radical (unpaired) electrons. The molecule has 1 aromatic heterocycles.